The standard InChI is InChI=1S/C25H33N3O4S/c1-3-4-14-26-25(30)22-10-5-6-11-23(22)27-24(29)21-12-15-28(16-13-21)33(31,32)18-20-9-7-8-19(2)17-20/h5-11,17,21H,3-4,12-16,18H2,1-2H3,(H,26,30)(H,27,29). The molecule has 1 aliphatic heterocycles. The maximum Gasteiger partial charge on any atom is 0.253 e. The van der Waals surface area contributed by atoms with Crippen LogP contribution < -0.4 is 10.6 Å². The first-order valence-electron chi connectivity index (χ1n) is 11.5. The van der Waals surface area contributed by atoms with Crippen LogP contribution in [0.25, 0.3) is 0 Å². The third-order valence-electron chi connectivity index (χ3n) is 5.90. The quantitative estimate of drug-likeness (QED) is 0.545. The van der Waals surface area contributed by atoms with Gasteiger partial charge in [0, 0.05) is 25.6 Å². The van der Waals surface area contributed by atoms with E-state index in [4.69, 9.17) is 0 Å². The van der Waals surface area contributed by atoms with Gasteiger partial charge in [0.05, 0.1) is 17.0 Å². The van der Waals surface area contributed by atoms with Crippen molar-refractivity contribution in [1.82, 2.24) is 9.62 Å². The first-order valence-corrected chi connectivity index (χ1v) is 13.1. The Labute approximate surface area is 196 Å². The first-order chi connectivity index (χ1) is 15.8. The first kappa shape index (κ1) is 24.9. The molecule has 1 heterocycles. The molecule has 3 rings (SSSR count). The van der Waals surface area contributed by atoms with Crippen LogP contribution in [0.15, 0.2) is 48.5 Å². The molecule has 0 bridgehead atoms. The molecule has 0 aliphatic carbocycles. The Bertz CT molecular complexity index is 1080. The van der Waals surface area contributed by atoms with E-state index in [1.54, 1.807) is 24.3 Å². The second-order valence-electron chi connectivity index (χ2n) is 8.56. The number of carbonyl (C=O) groups is 2. The van der Waals surface area contributed by atoms with Gasteiger partial charge in [-0.2, -0.15) is 0 Å². The highest BCUT2D eigenvalue weighted by atomic mass is 32.2. The fourth-order valence-corrected chi connectivity index (χ4v) is 5.55. The summed E-state index contributed by atoms with van der Waals surface area (Å²) in [6, 6.07) is 14.5. The zero-order valence-corrected chi connectivity index (χ0v) is 20.2. The van der Waals surface area contributed by atoms with E-state index < -0.39 is 10.0 Å². The second-order valence-corrected chi connectivity index (χ2v) is 10.5. The molecule has 0 atom stereocenters. The van der Waals surface area contributed by atoms with Gasteiger partial charge in [0.25, 0.3) is 5.91 Å². The lowest BCUT2D eigenvalue weighted by Crippen LogP contribution is -2.42. The van der Waals surface area contributed by atoms with Gasteiger partial charge in [-0.25, -0.2) is 12.7 Å². The van der Waals surface area contributed by atoms with Crippen LogP contribution in [0.3, 0.4) is 0 Å². The van der Waals surface area contributed by atoms with E-state index in [9.17, 15) is 18.0 Å². The number of sulfonamides is 1. The van der Waals surface area contributed by atoms with Crippen LogP contribution in [0.4, 0.5) is 5.69 Å². The summed E-state index contributed by atoms with van der Waals surface area (Å²) < 4.78 is 27.2. The van der Waals surface area contributed by atoms with Crippen molar-refractivity contribution < 1.29 is 18.0 Å². The summed E-state index contributed by atoms with van der Waals surface area (Å²) in [5.74, 6) is -0.728. The summed E-state index contributed by atoms with van der Waals surface area (Å²) in [5.41, 5.74) is 2.70. The molecule has 0 saturated carbocycles. The summed E-state index contributed by atoms with van der Waals surface area (Å²) in [6.07, 6.45) is 2.77. The molecule has 0 radical (unpaired) electrons. The molecular weight excluding hydrogens is 438 g/mol. The molecular formula is C25H33N3O4S. The Hall–Kier alpha value is -2.71. The molecule has 1 fully saturated rings. The van der Waals surface area contributed by atoms with E-state index in [1.165, 1.54) is 4.31 Å². The molecule has 2 N–H and O–H groups in total. The molecule has 2 amide bonds. The van der Waals surface area contributed by atoms with Crippen molar-refractivity contribution in [3.63, 3.8) is 0 Å². The number of rotatable bonds is 9. The molecule has 1 saturated heterocycles. The number of aryl methyl sites for hydroxylation is 1. The lowest BCUT2D eigenvalue weighted by Gasteiger charge is -2.30. The van der Waals surface area contributed by atoms with Crippen LogP contribution in [0.1, 0.15) is 54.1 Å². The summed E-state index contributed by atoms with van der Waals surface area (Å²) in [4.78, 5) is 25.4. The molecule has 0 spiro atoms. The topological polar surface area (TPSA) is 95.6 Å². The number of carbonyl (C=O) groups excluding carboxylic acids is 2. The van der Waals surface area contributed by atoms with Crippen molar-refractivity contribution in [2.45, 2.75) is 45.3 Å². The van der Waals surface area contributed by atoms with Crippen LogP contribution in [-0.4, -0.2) is 44.2 Å². The van der Waals surface area contributed by atoms with Crippen molar-refractivity contribution in [3.05, 3.63) is 65.2 Å². The molecule has 0 unspecified atom stereocenters. The minimum atomic E-state index is -3.44. The Balaban J connectivity index is 1.57. The number of nitrogens with one attached hydrogen (secondary N) is 2. The monoisotopic (exact) mass is 471 g/mol. The van der Waals surface area contributed by atoms with Gasteiger partial charge in [-0.3, -0.25) is 9.59 Å². The maximum atomic E-state index is 12.9. The zero-order valence-electron chi connectivity index (χ0n) is 19.3. The molecule has 2 aromatic rings. The van der Waals surface area contributed by atoms with E-state index in [0.29, 0.717) is 43.7 Å². The lowest BCUT2D eigenvalue weighted by atomic mass is 9.97. The Morgan fingerprint density at radius 1 is 1.06 bits per heavy atom. The SMILES string of the molecule is CCCCNC(=O)c1ccccc1NC(=O)C1CCN(S(=O)(=O)Cc2cccc(C)c2)CC1. The zero-order chi connectivity index (χ0) is 23.8. The number of nitrogens with zero attached hydrogens (tertiary/aromatic N) is 1. The van der Waals surface area contributed by atoms with Gasteiger partial charge in [0.2, 0.25) is 15.9 Å². The van der Waals surface area contributed by atoms with Gasteiger partial charge in [0.15, 0.2) is 0 Å². The summed E-state index contributed by atoms with van der Waals surface area (Å²) >= 11 is 0. The minimum Gasteiger partial charge on any atom is -0.352 e. The molecule has 1 aliphatic rings. The normalized spacial score (nSPS) is 15.2. The Morgan fingerprint density at radius 3 is 2.48 bits per heavy atom. The molecule has 178 valence electrons. The Kier molecular flexibility index (Phi) is 8.63. The Morgan fingerprint density at radius 2 is 1.79 bits per heavy atom. The second kappa shape index (κ2) is 11.4. The van der Waals surface area contributed by atoms with E-state index in [0.717, 1.165) is 24.0 Å². The van der Waals surface area contributed by atoms with E-state index in [1.807, 2.05) is 31.2 Å². The highest BCUT2D eigenvalue weighted by Crippen LogP contribution is 2.24. The number of benzene rings is 2. The number of unbranched alkanes of at least 4 members (excludes halogenated alkanes) is 1. The molecule has 2 aromatic carbocycles. The number of hydrogen-bond donors (Lipinski definition) is 2. The number of piperidine rings is 1. The van der Waals surface area contributed by atoms with Gasteiger partial charge >= 0.3 is 0 Å². The van der Waals surface area contributed by atoms with Crippen LogP contribution in [-0.2, 0) is 20.6 Å². The summed E-state index contributed by atoms with van der Waals surface area (Å²) in [6.45, 7) is 5.20. The van der Waals surface area contributed by atoms with Crippen molar-refractivity contribution in [2.24, 2.45) is 5.92 Å². The minimum absolute atomic E-state index is 0.0357. The van der Waals surface area contributed by atoms with Gasteiger partial charge < -0.3 is 10.6 Å². The molecule has 0 aromatic heterocycles. The molecule has 8 heteroatoms. The fourth-order valence-electron chi connectivity index (χ4n) is 4.00. The predicted octanol–water partition coefficient (Wildman–Crippen LogP) is 3.71. The third kappa shape index (κ3) is 6.88. The van der Waals surface area contributed by atoms with E-state index in [2.05, 4.69) is 17.6 Å². The van der Waals surface area contributed by atoms with Crippen LogP contribution in [0.2, 0.25) is 0 Å². The van der Waals surface area contributed by atoms with Crippen LogP contribution in [0, 0.1) is 12.8 Å². The predicted molar refractivity (Wildman–Crippen MR) is 130 cm³/mol. The lowest BCUT2D eigenvalue weighted by molar-refractivity contribution is -0.120. The van der Waals surface area contributed by atoms with Crippen LogP contribution in [0.5, 0.6) is 0 Å². The van der Waals surface area contributed by atoms with Crippen molar-refractivity contribution in [3.8, 4) is 0 Å². The van der Waals surface area contributed by atoms with Gasteiger partial charge in [-0.1, -0.05) is 55.3 Å². The van der Waals surface area contributed by atoms with E-state index >= 15 is 0 Å². The third-order valence-corrected chi connectivity index (χ3v) is 7.75. The fraction of sp³-hybridized carbons (Fsp3) is 0.440. The average molecular weight is 472 g/mol. The van der Waals surface area contributed by atoms with Crippen LogP contribution >= 0.6 is 0 Å². The smallest absolute Gasteiger partial charge is 0.253 e. The van der Waals surface area contributed by atoms with Crippen molar-refractivity contribution >= 4 is 27.5 Å². The van der Waals surface area contributed by atoms with Gasteiger partial charge in [0.1, 0.15) is 0 Å². The molecule has 7 nitrogen and oxygen atoms in total. The number of amides is 2. The summed E-state index contributed by atoms with van der Waals surface area (Å²) in [5, 5.41) is 5.76. The number of para-hydroxylation sites is 1. The highest BCUT2D eigenvalue weighted by Gasteiger charge is 2.31. The summed E-state index contributed by atoms with van der Waals surface area (Å²) in [7, 11) is -3.44. The van der Waals surface area contributed by atoms with Crippen molar-refractivity contribution in [2.75, 3.05) is 25.0 Å². The maximum absolute atomic E-state index is 12.9. The van der Waals surface area contributed by atoms with Crippen molar-refractivity contribution in [1.29, 1.82) is 0 Å². The largest absolute Gasteiger partial charge is 0.352 e. The number of anilines is 1. The van der Waals surface area contributed by atoms with Gasteiger partial charge in [-0.15, -0.1) is 0 Å². The number of hydrogen-bond acceptors (Lipinski definition) is 4. The average Bonchev–Trinajstić information content (AvgIpc) is 2.79. The molecule has 33 heavy (non-hydrogen) atoms. The van der Waals surface area contributed by atoms with Gasteiger partial charge in [-0.05, 0) is 43.9 Å². The highest BCUT2D eigenvalue weighted by molar-refractivity contribution is 7.88. The van der Waals surface area contributed by atoms with E-state index in [-0.39, 0.29) is 23.5 Å².